The van der Waals surface area contributed by atoms with Gasteiger partial charge in [-0.25, -0.2) is 9.52 Å². The monoisotopic (exact) mass is 445 g/mol. The molecule has 0 radical (unpaired) electrons. The van der Waals surface area contributed by atoms with E-state index in [1.807, 2.05) is 0 Å². The molecule has 1 amide bonds. The molecule has 0 aliphatic carbocycles. The molecule has 0 fully saturated rings. The lowest BCUT2D eigenvalue weighted by molar-refractivity contribution is -0.590. The molecule has 0 unspecified atom stereocenters. The lowest BCUT2D eigenvalue weighted by atomic mass is 9.94. The van der Waals surface area contributed by atoms with Crippen molar-refractivity contribution in [3.8, 4) is 5.75 Å². The Morgan fingerprint density at radius 1 is 1.12 bits per heavy atom. The number of benzene rings is 2. The third kappa shape index (κ3) is 4.64. The average Bonchev–Trinajstić information content (AvgIpc) is 2.89. The molecule has 0 bridgehead atoms. The second-order valence-corrected chi connectivity index (χ2v) is 7.53. The number of amides is 1. The quantitative estimate of drug-likeness (QED) is 0.250. The number of carbonyl (C=O) groups excluding carboxylic acids is 1. The Hall–Kier alpha value is -4.33. The van der Waals surface area contributed by atoms with Gasteiger partial charge in [0.05, 0.1) is 25.0 Å². The van der Waals surface area contributed by atoms with Gasteiger partial charge < -0.3 is 20.0 Å². The molecule has 0 saturated carbocycles. The summed E-state index contributed by atoms with van der Waals surface area (Å²) in [4.78, 5) is 26.1. The summed E-state index contributed by atoms with van der Waals surface area (Å²) in [6.07, 6.45) is 3.20. The summed E-state index contributed by atoms with van der Waals surface area (Å²) in [6, 6.07) is 17.4. The summed E-state index contributed by atoms with van der Waals surface area (Å²) < 4.78 is 6.62. The molecule has 3 aromatic rings. The topological polar surface area (TPSA) is 106 Å². The van der Waals surface area contributed by atoms with Gasteiger partial charge in [-0.15, -0.1) is 0 Å². The molecule has 8 heteroatoms. The highest BCUT2D eigenvalue weighted by Crippen LogP contribution is 2.39. The van der Waals surface area contributed by atoms with E-state index in [0.717, 1.165) is 10.8 Å². The van der Waals surface area contributed by atoms with Gasteiger partial charge >= 0.3 is 5.97 Å². The third-order valence-electron chi connectivity index (χ3n) is 5.36. The molecule has 168 valence electrons. The van der Waals surface area contributed by atoms with E-state index in [-0.39, 0.29) is 5.91 Å². The van der Waals surface area contributed by atoms with Gasteiger partial charge in [-0.3, -0.25) is 10.1 Å². The predicted molar refractivity (Wildman–Crippen MR) is 124 cm³/mol. The fraction of sp³-hybridized carbons (Fsp3) is 0.160. The van der Waals surface area contributed by atoms with Crippen molar-refractivity contribution in [1.29, 1.82) is 0 Å². The van der Waals surface area contributed by atoms with Gasteiger partial charge in [-0.05, 0) is 35.4 Å². The van der Waals surface area contributed by atoms with Crippen molar-refractivity contribution in [2.24, 2.45) is 0 Å². The molecular weight excluding hydrogens is 422 g/mol. The zero-order valence-electron chi connectivity index (χ0n) is 18.0. The maximum Gasteiger partial charge on any atom is 0.328 e. The van der Waals surface area contributed by atoms with E-state index in [1.165, 1.54) is 11.1 Å². The number of hydrogen-bond acceptors (Lipinski definition) is 5. The summed E-state index contributed by atoms with van der Waals surface area (Å²) in [5, 5.41) is 24.1. The van der Waals surface area contributed by atoms with E-state index in [9.17, 15) is 19.9 Å². The SMILES string of the molecule is CN1C(=O)c2ccccc2/C(=C\C(=O)O)c2ccc(OCCCNc3cccc[n+]3[O-])cc21. The number of ether oxygens (including phenoxy) is 1. The van der Waals surface area contributed by atoms with E-state index in [4.69, 9.17) is 4.74 Å². The molecule has 2 aromatic carbocycles. The molecule has 1 aliphatic rings. The van der Waals surface area contributed by atoms with E-state index in [0.29, 0.717) is 59.1 Å². The van der Waals surface area contributed by atoms with Crippen molar-refractivity contribution in [2.45, 2.75) is 6.42 Å². The van der Waals surface area contributed by atoms with Gasteiger partial charge in [0.25, 0.3) is 11.7 Å². The van der Waals surface area contributed by atoms with Crippen LogP contribution in [0.1, 0.15) is 27.9 Å². The summed E-state index contributed by atoms with van der Waals surface area (Å²) in [7, 11) is 1.66. The molecule has 0 saturated heterocycles. The van der Waals surface area contributed by atoms with E-state index < -0.39 is 5.97 Å². The molecule has 0 atom stereocenters. The minimum Gasteiger partial charge on any atom is -0.711 e. The molecule has 0 spiro atoms. The first kappa shape index (κ1) is 21.9. The van der Waals surface area contributed by atoms with Crippen molar-refractivity contribution in [3.63, 3.8) is 0 Å². The number of anilines is 2. The highest BCUT2D eigenvalue weighted by molar-refractivity contribution is 6.15. The van der Waals surface area contributed by atoms with Gasteiger partial charge in [0, 0.05) is 42.8 Å². The van der Waals surface area contributed by atoms with Crippen LogP contribution in [0.4, 0.5) is 11.5 Å². The number of fused-ring (bicyclic) bond motifs is 2. The van der Waals surface area contributed by atoms with Gasteiger partial charge in [0.2, 0.25) is 0 Å². The number of carbonyl (C=O) groups is 2. The van der Waals surface area contributed by atoms with Crippen LogP contribution in [-0.2, 0) is 4.79 Å². The highest BCUT2D eigenvalue weighted by atomic mass is 16.5. The zero-order chi connectivity index (χ0) is 23.4. The van der Waals surface area contributed by atoms with Gasteiger partial charge in [0.1, 0.15) is 5.75 Å². The molecule has 33 heavy (non-hydrogen) atoms. The van der Waals surface area contributed by atoms with E-state index in [1.54, 1.807) is 67.7 Å². The minimum absolute atomic E-state index is 0.226. The minimum atomic E-state index is -1.09. The first-order valence-electron chi connectivity index (χ1n) is 10.5. The fourth-order valence-electron chi connectivity index (χ4n) is 3.77. The number of carboxylic acid groups (broad SMARTS) is 1. The number of aliphatic carboxylic acids is 1. The smallest absolute Gasteiger partial charge is 0.328 e. The van der Waals surface area contributed by atoms with Crippen LogP contribution in [0.5, 0.6) is 5.75 Å². The summed E-state index contributed by atoms with van der Waals surface area (Å²) in [5.74, 6) is -0.281. The number of nitrogens with zero attached hydrogens (tertiary/aromatic N) is 2. The van der Waals surface area contributed by atoms with Crippen LogP contribution < -0.4 is 19.7 Å². The van der Waals surface area contributed by atoms with Crippen LogP contribution in [0.25, 0.3) is 5.57 Å². The van der Waals surface area contributed by atoms with Gasteiger partial charge in [-0.1, -0.05) is 24.3 Å². The zero-order valence-corrected chi connectivity index (χ0v) is 18.0. The number of carboxylic acids is 1. The maximum atomic E-state index is 13.1. The molecule has 1 aliphatic heterocycles. The molecule has 1 aromatic heterocycles. The van der Waals surface area contributed by atoms with Crippen molar-refractivity contribution >= 4 is 29.0 Å². The van der Waals surface area contributed by atoms with Crippen molar-refractivity contribution in [3.05, 3.63) is 94.8 Å². The highest BCUT2D eigenvalue weighted by Gasteiger charge is 2.28. The molecular formula is C25H23N3O5. The average molecular weight is 445 g/mol. The van der Waals surface area contributed by atoms with Crippen molar-refractivity contribution in [2.75, 3.05) is 30.4 Å². The molecule has 4 rings (SSSR count). The van der Waals surface area contributed by atoms with Crippen molar-refractivity contribution < 1.29 is 24.2 Å². The van der Waals surface area contributed by atoms with Crippen LogP contribution in [-0.4, -0.2) is 37.2 Å². The fourth-order valence-corrected chi connectivity index (χ4v) is 3.77. The Kier molecular flexibility index (Phi) is 6.26. The summed E-state index contributed by atoms with van der Waals surface area (Å²) >= 11 is 0. The van der Waals surface area contributed by atoms with E-state index in [2.05, 4.69) is 5.32 Å². The first-order valence-corrected chi connectivity index (χ1v) is 10.5. The summed E-state index contributed by atoms with van der Waals surface area (Å²) in [5.41, 5.74) is 2.68. The third-order valence-corrected chi connectivity index (χ3v) is 5.36. The lowest BCUT2D eigenvalue weighted by Crippen LogP contribution is -2.30. The Balaban J connectivity index is 1.53. The second kappa shape index (κ2) is 9.44. The van der Waals surface area contributed by atoms with Gasteiger partial charge in [-0.2, -0.15) is 0 Å². The van der Waals surface area contributed by atoms with Crippen LogP contribution in [0.3, 0.4) is 0 Å². The molecule has 2 heterocycles. The number of rotatable bonds is 7. The Bertz CT molecular complexity index is 1240. The number of pyridine rings is 1. The normalized spacial score (nSPS) is 13.8. The Labute approximate surface area is 190 Å². The predicted octanol–water partition coefficient (Wildman–Crippen LogP) is 3.31. The van der Waals surface area contributed by atoms with Gasteiger partial charge in [0.15, 0.2) is 0 Å². The van der Waals surface area contributed by atoms with Crippen molar-refractivity contribution in [1.82, 2.24) is 0 Å². The lowest BCUT2D eigenvalue weighted by Gasteiger charge is -2.19. The van der Waals surface area contributed by atoms with Crippen LogP contribution >= 0.6 is 0 Å². The number of aromatic nitrogens is 1. The van der Waals surface area contributed by atoms with Crippen LogP contribution in [0, 0.1) is 5.21 Å². The van der Waals surface area contributed by atoms with E-state index >= 15 is 0 Å². The summed E-state index contributed by atoms with van der Waals surface area (Å²) in [6.45, 7) is 0.948. The largest absolute Gasteiger partial charge is 0.711 e. The Morgan fingerprint density at radius 3 is 2.64 bits per heavy atom. The maximum absolute atomic E-state index is 13.1. The van der Waals surface area contributed by atoms with Crippen LogP contribution in [0.15, 0.2) is 72.9 Å². The number of hydrogen-bond donors (Lipinski definition) is 2. The first-order chi connectivity index (χ1) is 16.0. The molecule has 2 N–H and O–H groups in total. The van der Waals surface area contributed by atoms with Crippen LogP contribution in [0.2, 0.25) is 0 Å². The number of nitrogens with one attached hydrogen (secondary N) is 1. The standard InChI is InChI=1S/C25H23N3O5/c1-27-22-15-17(33-14-6-12-26-23-9-4-5-13-28(23)32)10-11-19(22)21(16-24(29)30)18-7-2-3-8-20(18)25(27)31/h2-5,7-11,13,15-16,26H,6,12,14H2,1H3,(H,29,30)/b21-16+. The second-order valence-electron chi connectivity index (χ2n) is 7.53. The Morgan fingerprint density at radius 2 is 1.88 bits per heavy atom. The molecule has 8 nitrogen and oxygen atoms in total.